The van der Waals surface area contributed by atoms with Crippen LogP contribution >= 0.6 is 0 Å². The third kappa shape index (κ3) is 2.75. The van der Waals surface area contributed by atoms with E-state index in [-0.39, 0.29) is 5.97 Å². The number of H-pyrrole nitrogens is 1. The number of rotatable bonds is 5. The Morgan fingerprint density at radius 1 is 1.41 bits per heavy atom. The SMILES string of the molecule is CCN1CCc2c([nH]c3ccccc23)C1CCCC(=O)OC. The zero-order valence-electron chi connectivity index (χ0n) is 13.4. The Hall–Kier alpha value is -1.81. The molecule has 0 fully saturated rings. The number of aromatic amines is 1. The molecule has 4 heteroatoms. The molecule has 0 aliphatic carbocycles. The molecule has 22 heavy (non-hydrogen) atoms. The van der Waals surface area contributed by atoms with Crippen molar-refractivity contribution in [2.75, 3.05) is 20.2 Å². The van der Waals surface area contributed by atoms with Crippen molar-refractivity contribution in [2.24, 2.45) is 0 Å². The molecule has 0 saturated carbocycles. The summed E-state index contributed by atoms with van der Waals surface area (Å²) >= 11 is 0. The van der Waals surface area contributed by atoms with E-state index in [2.05, 4.69) is 41.1 Å². The Balaban J connectivity index is 1.85. The van der Waals surface area contributed by atoms with Crippen LogP contribution in [-0.4, -0.2) is 36.1 Å². The first kappa shape index (κ1) is 15.1. The number of carbonyl (C=O) groups is 1. The van der Waals surface area contributed by atoms with E-state index in [9.17, 15) is 4.79 Å². The molecule has 1 N–H and O–H groups in total. The summed E-state index contributed by atoms with van der Waals surface area (Å²) in [6.07, 6.45) is 3.45. The number of aromatic nitrogens is 1. The van der Waals surface area contributed by atoms with Crippen LogP contribution in [0.4, 0.5) is 0 Å². The van der Waals surface area contributed by atoms with Gasteiger partial charge in [0.05, 0.1) is 13.2 Å². The van der Waals surface area contributed by atoms with E-state index in [1.165, 1.54) is 29.3 Å². The van der Waals surface area contributed by atoms with Gasteiger partial charge in [-0.25, -0.2) is 0 Å². The molecule has 0 saturated heterocycles. The number of methoxy groups -OCH3 is 1. The van der Waals surface area contributed by atoms with E-state index < -0.39 is 0 Å². The molecule has 1 aromatic heterocycles. The highest BCUT2D eigenvalue weighted by atomic mass is 16.5. The highest BCUT2D eigenvalue weighted by Crippen LogP contribution is 2.36. The molecule has 1 aromatic carbocycles. The maximum atomic E-state index is 11.3. The normalized spacial score (nSPS) is 18.4. The Labute approximate surface area is 131 Å². The van der Waals surface area contributed by atoms with Crippen molar-refractivity contribution in [2.45, 2.75) is 38.6 Å². The first-order valence-corrected chi connectivity index (χ1v) is 8.15. The first-order chi connectivity index (χ1) is 10.7. The van der Waals surface area contributed by atoms with Crippen molar-refractivity contribution < 1.29 is 9.53 Å². The first-order valence-electron chi connectivity index (χ1n) is 8.15. The van der Waals surface area contributed by atoms with Gasteiger partial charge in [0, 0.05) is 29.6 Å². The minimum atomic E-state index is -0.115. The van der Waals surface area contributed by atoms with E-state index in [0.717, 1.165) is 32.4 Å². The second-order valence-corrected chi connectivity index (χ2v) is 5.93. The number of ether oxygens (including phenoxy) is 1. The average molecular weight is 300 g/mol. The molecule has 2 aromatic rings. The third-order valence-corrected chi connectivity index (χ3v) is 4.76. The molecular formula is C18H24N2O2. The van der Waals surface area contributed by atoms with E-state index in [0.29, 0.717) is 12.5 Å². The summed E-state index contributed by atoms with van der Waals surface area (Å²) in [7, 11) is 1.46. The number of hydrogen-bond donors (Lipinski definition) is 1. The number of fused-ring (bicyclic) bond motifs is 3. The largest absolute Gasteiger partial charge is 0.469 e. The lowest BCUT2D eigenvalue weighted by atomic mass is 9.94. The third-order valence-electron chi connectivity index (χ3n) is 4.76. The fourth-order valence-corrected chi connectivity index (χ4v) is 3.62. The number of esters is 1. The average Bonchev–Trinajstić information content (AvgIpc) is 2.93. The minimum absolute atomic E-state index is 0.115. The molecule has 1 unspecified atom stereocenters. The fourth-order valence-electron chi connectivity index (χ4n) is 3.62. The maximum absolute atomic E-state index is 11.3. The molecule has 0 bridgehead atoms. The highest BCUT2D eigenvalue weighted by molar-refractivity contribution is 5.85. The quantitative estimate of drug-likeness (QED) is 0.860. The smallest absolute Gasteiger partial charge is 0.305 e. The van der Waals surface area contributed by atoms with Crippen LogP contribution in [0, 0.1) is 0 Å². The van der Waals surface area contributed by atoms with Crippen LogP contribution in [0.3, 0.4) is 0 Å². The Kier molecular flexibility index (Phi) is 4.48. The zero-order chi connectivity index (χ0) is 15.5. The van der Waals surface area contributed by atoms with Crippen LogP contribution in [0.1, 0.15) is 43.5 Å². The van der Waals surface area contributed by atoms with Crippen molar-refractivity contribution in [1.29, 1.82) is 0 Å². The van der Waals surface area contributed by atoms with Gasteiger partial charge < -0.3 is 9.72 Å². The van der Waals surface area contributed by atoms with Crippen molar-refractivity contribution in [3.05, 3.63) is 35.5 Å². The van der Waals surface area contributed by atoms with Crippen molar-refractivity contribution >= 4 is 16.9 Å². The topological polar surface area (TPSA) is 45.3 Å². The van der Waals surface area contributed by atoms with Crippen LogP contribution in [-0.2, 0) is 16.0 Å². The van der Waals surface area contributed by atoms with E-state index in [1.54, 1.807) is 0 Å². The summed E-state index contributed by atoms with van der Waals surface area (Å²) in [5.41, 5.74) is 4.03. The second-order valence-electron chi connectivity index (χ2n) is 5.93. The number of para-hydroxylation sites is 1. The summed E-state index contributed by atoms with van der Waals surface area (Å²) in [5, 5.41) is 1.35. The molecule has 1 aliphatic rings. The molecule has 4 nitrogen and oxygen atoms in total. The lowest BCUT2D eigenvalue weighted by molar-refractivity contribution is -0.140. The lowest BCUT2D eigenvalue weighted by Gasteiger charge is -2.35. The highest BCUT2D eigenvalue weighted by Gasteiger charge is 2.29. The van der Waals surface area contributed by atoms with Crippen molar-refractivity contribution in [3.8, 4) is 0 Å². The van der Waals surface area contributed by atoms with E-state index in [4.69, 9.17) is 4.74 Å². The number of benzene rings is 1. The number of nitrogens with zero attached hydrogens (tertiary/aromatic N) is 1. The summed E-state index contributed by atoms with van der Waals surface area (Å²) in [6.45, 7) is 4.34. The van der Waals surface area contributed by atoms with Gasteiger partial charge in [-0.3, -0.25) is 9.69 Å². The Bertz CT molecular complexity index is 662. The Morgan fingerprint density at radius 3 is 3.00 bits per heavy atom. The van der Waals surface area contributed by atoms with Crippen molar-refractivity contribution in [1.82, 2.24) is 9.88 Å². The molecule has 3 rings (SSSR count). The Morgan fingerprint density at radius 2 is 2.23 bits per heavy atom. The molecule has 0 radical (unpaired) electrons. The van der Waals surface area contributed by atoms with Gasteiger partial charge in [0.1, 0.15) is 0 Å². The lowest BCUT2D eigenvalue weighted by Crippen LogP contribution is -2.35. The van der Waals surface area contributed by atoms with E-state index in [1.807, 2.05) is 0 Å². The molecule has 118 valence electrons. The molecule has 1 atom stereocenters. The second kappa shape index (κ2) is 6.53. The van der Waals surface area contributed by atoms with Gasteiger partial charge in [-0.1, -0.05) is 25.1 Å². The predicted molar refractivity (Wildman–Crippen MR) is 87.9 cm³/mol. The van der Waals surface area contributed by atoms with Crippen LogP contribution < -0.4 is 0 Å². The maximum Gasteiger partial charge on any atom is 0.305 e. The van der Waals surface area contributed by atoms with Gasteiger partial charge in [0.25, 0.3) is 0 Å². The van der Waals surface area contributed by atoms with Gasteiger partial charge >= 0.3 is 5.97 Å². The van der Waals surface area contributed by atoms with Crippen LogP contribution in [0.15, 0.2) is 24.3 Å². The molecule has 0 amide bonds. The molecule has 1 aliphatic heterocycles. The summed E-state index contributed by atoms with van der Waals surface area (Å²) in [5.74, 6) is -0.115. The fraction of sp³-hybridized carbons (Fsp3) is 0.500. The van der Waals surface area contributed by atoms with Crippen LogP contribution in [0.2, 0.25) is 0 Å². The van der Waals surface area contributed by atoms with Gasteiger partial charge in [-0.2, -0.15) is 0 Å². The van der Waals surface area contributed by atoms with Crippen molar-refractivity contribution in [3.63, 3.8) is 0 Å². The van der Waals surface area contributed by atoms with Crippen LogP contribution in [0.25, 0.3) is 10.9 Å². The molecule has 2 heterocycles. The molecular weight excluding hydrogens is 276 g/mol. The zero-order valence-corrected chi connectivity index (χ0v) is 13.4. The molecule has 0 spiro atoms. The minimum Gasteiger partial charge on any atom is -0.469 e. The summed E-state index contributed by atoms with van der Waals surface area (Å²) in [6, 6.07) is 8.92. The predicted octanol–water partition coefficient (Wildman–Crippen LogP) is 3.43. The monoisotopic (exact) mass is 300 g/mol. The summed E-state index contributed by atoms with van der Waals surface area (Å²) in [4.78, 5) is 17.5. The number of hydrogen-bond acceptors (Lipinski definition) is 3. The van der Waals surface area contributed by atoms with Gasteiger partial charge in [-0.15, -0.1) is 0 Å². The van der Waals surface area contributed by atoms with E-state index >= 15 is 0 Å². The van der Waals surface area contributed by atoms with Gasteiger partial charge in [0.15, 0.2) is 0 Å². The standard InChI is InChI=1S/C18H24N2O2/c1-3-20-12-11-14-13-7-4-5-8-15(13)19-18(14)16(20)9-6-10-17(21)22-2/h4-5,7-8,16,19H,3,6,9-12H2,1-2H3. The number of nitrogens with one attached hydrogen (secondary N) is 1. The van der Waals surface area contributed by atoms with Crippen LogP contribution in [0.5, 0.6) is 0 Å². The summed E-state index contributed by atoms with van der Waals surface area (Å²) < 4.78 is 4.75. The number of likely N-dealkylation sites (N-methyl/N-ethyl adjacent to an activating group) is 1. The van der Waals surface area contributed by atoms with Gasteiger partial charge in [0.2, 0.25) is 0 Å². The number of carbonyl (C=O) groups excluding carboxylic acids is 1. The van der Waals surface area contributed by atoms with Gasteiger partial charge in [-0.05, 0) is 37.4 Å².